The minimum absolute atomic E-state index is 0.0283. The third-order valence-electron chi connectivity index (χ3n) is 9.66. The summed E-state index contributed by atoms with van der Waals surface area (Å²) in [7, 11) is 3.16. The second kappa shape index (κ2) is 13.1. The number of hydrogen-bond donors (Lipinski definition) is 0. The van der Waals surface area contributed by atoms with Crippen LogP contribution in [0.2, 0.25) is 0 Å². The Balaban J connectivity index is 1.29. The SMILES string of the molecule is COCOc1cc(-c2ccc3c(N4C[C@H]5CC[C@@H](C4)N5C(=O)OC(C)(C)C)nc(OC[C@@H]4CC(F)(F)CN4C)nc3c2F)c2ccccc2c1. The van der Waals surface area contributed by atoms with Gasteiger partial charge in [-0.1, -0.05) is 30.3 Å². The lowest BCUT2D eigenvalue weighted by Crippen LogP contribution is -2.57. The summed E-state index contributed by atoms with van der Waals surface area (Å²) in [5.41, 5.74) is 0.324. The van der Waals surface area contributed by atoms with Crippen molar-refractivity contribution < 1.29 is 36.9 Å². The number of carbonyl (C=O) groups is 1. The second-order valence-corrected chi connectivity index (χ2v) is 14.5. The quantitative estimate of drug-likeness (QED) is 0.183. The number of halogens is 3. The van der Waals surface area contributed by atoms with Gasteiger partial charge in [0, 0.05) is 43.6 Å². The molecule has 3 aromatic carbocycles. The number of carbonyl (C=O) groups excluding carboxylic acids is 1. The van der Waals surface area contributed by atoms with E-state index in [0.29, 0.717) is 41.2 Å². The van der Waals surface area contributed by atoms with Crippen molar-refractivity contribution in [1.82, 2.24) is 19.8 Å². The third-order valence-corrected chi connectivity index (χ3v) is 9.66. The molecule has 7 rings (SSSR count). The highest BCUT2D eigenvalue weighted by Gasteiger charge is 2.46. The summed E-state index contributed by atoms with van der Waals surface area (Å²) in [6, 6.07) is 13.9. The van der Waals surface area contributed by atoms with Crippen LogP contribution in [0, 0.1) is 5.82 Å². The van der Waals surface area contributed by atoms with E-state index in [1.54, 1.807) is 30.1 Å². The van der Waals surface area contributed by atoms with Crippen LogP contribution < -0.4 is 14.4 Å². The van der Waals surface area contributed by atoms with Crippen molar-refractivity contribution in [3.8, 4) is 22.9 Å². The third kappa shape index (κ3) is 6.72. The average molecular weight is 694 g/mol. The number of fused-ring (bicyclic) bond motifs is 4. The molecule has 1 aromatic heterocycles. The Kier molecular flexibility index (Phi) is 8.92. The predicted octanol–water partition coefficient (Wildman–Crippen LogP) is 6.88. The second-order valence-electron chi connectivity index (χ2n) is 14.5. The first-order valence-corrected chi connectivity index (χ1v) is 16.9. The standard InChI is InChI=1S/C37H42F3N5O5/c1-36(2,3)50-35(46)45-23-10-11-24(45)18-44(17-23)33-29-13-12-28(30-15-26(49-21-47-5)14-22-8-6-7-9-27(22)30)31(38)32(29)41-34(42-33)48-19-25-16-37(39,40)20-43(25)4/h6-9,12-15,23-25H,10-11,16-21H2,1-5H3/t23-,24+,25-/m0/s1. The van der Waals surface area contributed by atoms with E-state index in [1.807, 2.05) is 60.9 Å². The van der Waals surface area contributed by atoms with Crippen molar-refractivity contribution in [1.29, 1.82) is 0 Å². The number of ether oxygens (including phenoxy) is 4. The number of rotatable bonds is 8. The molecule has 4 aromatic rings. The molecular weight excluding hydrogens is 651 g/mol. The summed E-state index contributed by atoms with van der Waals surface area (Å²) >= 11 is 0. The number of likely N-dealkylation sites (tertiary alicyclic amines) is 1. The van der Waals surface area contributed by atoms with Gasteiger partial charge < -0.3 is 23.8 Å². The minimum atomic E-state index is -2.82. The molecule has 0 saturated carbocycles. The van der Waals surface area contributed by atoms with E-state index in [9.17, 15) is 13.6 Å². The lowest BCUT2D eigenvalue weighted by Gasteiger charge is -2.42. The number of benzene rings is 3. The Hall–Kier alpha value is -4.36. The van der Waals surface area contributed by atoms with E-state index in [0.717, 1.165) is 23.6 Å². The number of methoxy groups -OCH3 is 1. The molecule has 0 unspecified atom stereocenters. The van der Waals surface area contributed by atoms with Gasteiger partial charge in [0.05, 0.1) is 18.6 Å². The molecule has 10 nitrogen and oxygen atoms in total. The van der Waals surface area contributed by atoms with Crippen LogP contribution in [0.1, 0.15) is 40.0 Å². The molecule has 3 aliphatic rings. The van der Waals surface area contributed by atoms with Crippen molar-refractivity contribution in [3.05, 3.63) is 54.3 Å². The predicted molar refractivity (Wildman–Crippen MR) is 184 cm³/mol. The molecule has 13 heteroatoms. The monoisotopic (exact) mass is 693 g/mol. The highest BCUT2D eigenvalue weighted by Crippen LogP contribution is 2.41. The van der Waals surface area contributed by atoms with Crippen molar-refractivity contribution in [2.45, 2.75) is 69.7 Å². The molecule has 0 aliphatic carbocycles. The van der Waals surface area contributed by atoms with Crippen molar-refractivity contribution in [2.75, 3.05) is 52.1 Å². The number of alkyl halides is 2. The first kappa shape index (κ1) is 34.1. The van der Waals surface area contributed by atoms with Gasteiger partial charge in [0.2, 0.25) is 0 Å². The maximum absolute atomic E-state index is 17.0. The zero-order valence-corrected chi connectivity index (χ0v) is 28.9. The number of nitrogens with zero attached hydrogens (tertiary/aromatic N) is 5. The number of piperazine rings is 1. The summed E-state index contributed by atoms with van der Waals surface area (Å²) in [4.78, 5) is 27.9. The number of hydrogen-bond acceptors (Lipinski definition) is 9. The first-order chi connectivity index (χ1) is 23.8. The molecule has 0 radical (unpaired) electrons. The molecule has 3 aliphatic heterocycles. The topological polar surface area (TPSA) is 89.5 Å². The molecule has 3 fully saturated rings. The van der Waals surface area contributed by atoms with Gasteiger partial charge in [-0.05, 0) is 75.2 Å². The average Bonchev–Trinajstić information content (AvgIpc) is 3.49. The molecule has 1 amide bonds. The van der Waals surface area contributed by atoms with Gasteiger partial charge in [-0.3, -0.25) is 9.80 Å². The maximum atomic E-state index is 17.0. The zero-order valence-electron chi connectivity index (χ0n) is 28.9. The lowest BCUT2D eigenvalue weighted by molar-refractivity contribution is 0.0119. The van der Waals surface area contributed by atoms with Crippen molar-refractivity contribution in [2.24, 2.45) is 0 Å². The summed E-state index contributed by atoms with van der Waals surface area (Å²) in [5, 5.41) is 2.16. The van der Waals surface area contributed by atoms with Crippen LogP contribution in [0.5, 0.6) is 11.8 Å². The van der Waals surface area contributed by atoms with E-state index in [4.69, 9.17) is 23.9 Å². The summed E-state index contributed by atoms with van der Waals surface area (Å²) < 4.78 is 67.9. The highest BCUT2D eigenvalue weighted by molar-refractivity contribution is 6.01. The minimum Gasteiger partial charge on any atom is -0.468 e. The van der Waals surface area contributed by atoms with Crippen LogP contribution in [0.15, 0.2) is 48.5 Å². The number of anilines is 1. The molecule has 0 N–H and O–H groups in total. The first-order valence-electron chi connectivity index (χ1n) is 16.9. The van der Waals surface area contributed by atoms with Crippen molar-refractivity contribution >= 4 is 33.6 Å². The van der Waals surface area contributed by atoms with E-state index >= 15 is 4.39 Å². The molecule has 2 bridgehead atoms. The molecule has 266 valence electrons. The fraction of sp³-hybridized carbons (Fsp3) is 0.486. The number of likely N-dealkylation sites (N-methyl/N-ethyl adjacent to an activating group) is 1. The van der Waals surface area contributed by atoms with E-state index < -0.39 is 23.4 Å². The van der Waals surface area contributed by atoms with Gasteiger partial charge in [0.1, 0.15) is 29.3 Å². The molecular formula is C37H42F3N5O5. The van der Waals surface area contributed by atoms with Crippen LogP contribution in [-0.2, 0) is 9.47 Å². The molecule has 50 heavy (non-hydrogen) atoms. The Labute approximate surface area is 289 Å². The Morgan fingerprint density at radius 1 is 0.980 bits per heavy atom. The van der Waals surface area contributed by atoms with Gasteiger partial charge in [0.15, 0.2) is 12.6 Å². The number of amides is 1. The lowest BCUT2D eigenvalue weighted by atomic mass is 9.96. The Morgan fingerprint density at radius 2 is 1.72 bits per heavy atom. The van der Waals surface area contributed by atoms with E-state index in [2.05, 4.69) is 4.98 Å². The fourth-order valence-corrected chi connectivity index (χ4v) is 7.46. The van der Waals surface area contributed by atoms with Gasteiger partial charge in [-0.15, -0.1) is 0 Å². The van der Waals surface area contributed by atoms with Gasteiger partial charge >= 0.3 is 12.1 Å². The molecule has 0 spiro atoms. The summed E-state index contributed by atoms with van der Waals surface area (Å²) in [5.74, 6) is -2.42. The van der Waals surface area contributed by atoms with Crippen LogP contribution in [0.25, 0.3) is 32.8 Å². The normalized spacial score (nSPS) is 22.0. The summed E-state index contributed by atoms with van der Waals surface area (Å²) in [6.07, 6.45) is 0.885. The van der Waals surface area contributed by atoms with Crippen LogP contribution in [0.4, 0.5) is 23.8 Å². The molecule has 3 saturated heterocycles. The van der Waals surface area contributed by atoms with Gasteiger partial charge in [0.25, 0.3) is 5.92 Å². The molecule has 3 atom stereocenters. The van der Waals surface area contributed by atoms with Crippen LogP contribution >= 0.6 is 0 Å². The highest BCUT2D eigenvalue weighted by atomic mass is 19.3. The number of aromatic nitrogens is 2. The Bertz CT molecular complexity index is 1910. The zero-order chi connectivity index (χ0) is 35.4. The van der Waals surface area contributed by atoms with E-state index in [-0.39, 0.29) is 56.1 Å². The van der Waals surface area contributed by atoms with Crippen LogP contribution in [0.3, 0.4) is 0 Å². The van der Waals surface area contributed by atoms with E-state index in [1.165, 1.54) is 7.11 Å². The van der Waals surface area contributed by atoms with Crippen molar-refractivity contribution in [3.63, 3.8) is 0 Å². The smallest absolute Gasteiger partial charge is 0.410 e. The van der Waals surface area contributed by atoms with Gasteiger partial charge in [-0.25, -0.2) is 18.0 Å². The van der Waals surface area contributed by atoms with Gasteiger partial charge in [-0.2, -0.15) is 9.97 Å². The molecule has 4 heterocycles. The maximum Gasteiger partial charge on any atom is 0.410 e. The Morgan fingerprint density at radius 3 is 2.40 bits per heavy atom. The summed E-state index contributed by atoms with van der Waals surface area (Å²) in [6.45, 7) is 6.01. The van der Waals surface area contributed by atoms with Crippen LogP contribution in [-0.4, -0.2) is 103 Å². The fourth-order valence-electron chi connectivity index (χ4n) is 7.46. The largest absolute Gasteiger partial charge is 0.468 e.